The molecule has 5 aromatic rings. The molecule has 5 nitrogen and oxygen atoms in total. The lowest BCUT2D eigenvalue weighted by atomic mass is 10.1. The number of hydrazone groups is 1. The topological polar surface area (TPSA) is 66.0 Å². The van der Waals surface area contributed by atoms with E-state index in [0.717, 1.165) is 43.1 Å². The summed E-state index contributed by atoms with van der Waals surface area (Å²) in [5.41, 5.74) is 7.81. The van der Waals surface area contributed by atoms with Crippen LogP contribution in [0.5, 0.6) is 0 Å². The van der Waals surface area contributed by atoms with Crippen molar-refractivity contribution < 1.29 is 0 Å². The van der Waals surface area contributed by atoms with Gasteiger partial charge in [0.2, 0.25) is 5.95 Å². The highest BCUT2D eigenvalue weighted by Gasteiger charge is 2.10. The Balaban J connectivity index is 1.53. The average molecular weight is 442 g/mol. The second-order valence-corrected chi connectivity index (χ2v) is 7.50. The van der Waals surface area contributed by atoms with Gasteiger partial charge in [0.05, 0.1) is 17.4 Å². The first kappa shape index (κ1) is 17.6. The summed E-state index contributed by atoms with van der Waals surface area (Å²) in [6.45, 7) is 0. The van der Waals surface area contributed by atoms with Gasteiger partial charge in [0.25, 0.3) is 0 Å². The summed E-state index contributed by atoms with van der Waals surface area (Å²) in [6.07, 6.45) is 3.71. The van der Waals surface area contributed by atoms with Crippen LogP contribution in [-0.2, 0) is 0 Å². The Morgan fingerprint density at radius 3 is 2.62 bits per heavy atom. The van der Waals surface area contributed by atoms with Crippen molar-refractivity contribution >= 4 is 49.9 Å². The first-order chi connectivity index (χ1) is 14.3. The van der Waals surface area contributed by atoms with Gasteiger partial charge >= 0.3 is 0 Å². The number of hydrogen-bond donors (Lipinski definition) is 2. The molecule has 0 aliphatic carbocycles. The number of nitrogens with one attached hydrogen (secondary N) is 2. The molecule has 0 fully saturated rings. The van der Waals surface area contributed by atoms with Gasteiger partial charge in [0, 0.05) is 38.1 Å². The SMILES string of the molecule is Brc1ccc2nc(N/N=C\c3c[nH]c4ccccc34)nc(-c3ccccc3)c2c1. The predicted octanol–water partition coefficient (Wildman–Crippen LogP) is 5.99. The fraction of sp³-hybridized carbons (Fsp3) is 0. The molecule has 2 heterocycles. The number of H-pyrrole nitrogens is 1. The highest BCUT2D eigenvalue weighted by Crippen LogP contribution is 2.29. The van der Waals surface area contributed by atoms with E-state index in [9.17, 15) is 0 Å². The van der Waals surface area contributed by atoms with Gasteiger partial charge in [-0.15, -0.1) is 0 Å². The molecule has 2 N–H and O–H groups in total. The lowest BCUT2D eigenvalue weighted by Crippen LogP contribution is -1.99. The summed E-state index contributed by atoms with van der Waals surface area (Å²) in [5, 5.41) is 6.47. The summed E-state index contributed by atoms with van der Waals surface area (Å²) < 4.78 is 0.990. The Hall–Kier alpha value is -3.51. The minimum atomic E-state index is 0.453. The molecule has 0 saturated heterocycles. The number of halogens is 1. The zero-order valence-electron chi connectivity index (χ0n) is 15.3. The average Bonchev–Trinajstić information content (AvgIpc) is 3.17. The largest absolute Gasteiger partial charge is 0.361 e. The van der Waals surface area contributed by atoms with Gasteiger partial charge in [-0.2, -0.15) is 5.10 Å². The molecule has 0 aliphatic rings. The van der Waals surface area contributed by atoms with E-state index in [-0.39, 0.29) is 0 Å². The first-order valence-corrected chi connectivity index (χ1v) is 9.95. The molecule has 0 saturated carbocycles. The molecule has 29 heavy (non-hydrogen) atoms. The van der Waals surface area contributed by atoms with Crippen molar-refractivity contribution in [3.8, 4) is 11.3 Å². The maximum absolute atomic E-state index is 4.73. The highest BCUT2D eigenvalue weighted by atomic mass is 79.9. The fourth-order valence-electron chi connectivity index (χ4n) is 3.33. The van der Waals surface area contributed by atoms with E-state index in [4.69, 9.17) is 4.98 Å². The van der Waals surface area contributed by atoms with E-state index >= 15 is 0 Å². The fourth-order valence-corrected chi connectivity index (χ4v) is 3.69. The predicted molar refractivity (Wildman–Crippen MR) is 122 cm³/mol. The molecule has 3 aromatic carbocycles. The quantitative estimate of drug-likeness (QED) is 0.266. The number of aromatic amines is 1. The van der Waals surface area contributed by atoms with Crippen LogP contribution < -0.4 is 5.43 Å². The van der Waals surface area contributed by atoms with Gasteiger partial charge in [-0.25, -0.2) is 15.4 Å². The van der Waals surface area contributed by atoms with Gasteiger partial charge in [-0.1, -0.05) is 64.5 Å². The molecule has 0 atom stereocenters. The van der Waals surface area contributed by atoms with E-state index in [1.807, 2.05) is 72.9 Å². The number of benzene rings is 3. The number of rotatable bonds is 4. The molecule has 5 rings (SSSR count). The molecule has 0 radical (unpaired) electrons. The van der Waals surface area contributed by atoms with E-state index in [1.54, 1.807) is 6.21 Å². The zero-order chi connectivity index (χ0) is 19.6. The van der Waals surface area contributed by atoms with Crippen molar-refractivity contribution in [2.45, 2.75) is 0 Å². The van der Waals surface area contributed by atoms with Crippen LogP contribution in [-0.4, -0.2) is 21.2 Å². The van der Waals surface area contributed by atoms with Gasteiger partial charge in [0.1, 0.15) is 0 Å². The van der Waals surface area contributed by atoms with Crippen LogP contribution in [0.1, 0.15) is 5.56 Å². The standard InChI is InChI=1S/C23H16BrN5/c24-17-10-11-21-19(12-17)22(15-6-2-1-3-7-15)28-23(27-21)29-26-14-16-13-25-20-9-5-4-8-18(16)20/h1-14,25H,(H,27,28,29)/b26-14-. The molecular weight excluding hydrogens is 426 g/mol. The van der Waals surface area contributed by atoms with Crippen LogP contribution in [0.4, 0.5) is 5.95 Å². The van der Waals surface area contributed by atoms with E-state index < -0.39 is 0 Å². The summed E-state index contributed by atoms with van der Waals surface area (Å²) in [4.78, 5) is 12.6. The molecule has 0 aliphatic heterocycles. The molecule has 2 aromatic heterocycles. The van der Waals surface area contributed by atoms with E-state index in [1.165, 1.54) is 0 Å². The van der Waals surface area contributed by atoms with Crippen molar-refractivity contribution in [2.75, 3.05) is 5.43 Å². The molecule has 140 valence electrons. The number of para-hydroxylation sites is 1. The molecule has 6 heteroatoms. The van der Waals surface area contributed by atoms with Crippen molar-refractivity contribution in [1.82, 2.24) is 15.0 Å². The zero-order valence-corrected chi connectivity index (χ0v) is 16.9. The Bertz CT molecular complexity index is 1340. The van der Waals surface area contributed by atoms with Crippen LogP contribution in [0.2, 0.25) is 0 Å². The van der Waals surface area contributed by atoms with Crippen LogP contribution in [0, 0.1) is 0 Å². The van der Waals surface area contributed by atoms with Crippen LogP contribution in [0.25, 0.3) is 33.1 Å². The normalized spacial score (nSPS) is 11.5. The third kappa shape index (κ3) is 3.50. The Labute approximate surface area is 175 Å². The molecular formula is C23H16BrN5. The Morgan fingerprint density at radius 2 is 1.72 bits per heavy atom. The minimum absolute atomic E-state index is 0.453. The van der Waals surface area contributed by atoms with Gasteiger partial charge in [-0.3, -0.25) is 0 Å². The number of fused-ring (bicyclic) bond motifs is 2. The smallest absolute Gasteiger partial charge is 0.244 e. The van der Waals surface area contributed by atoms with Crippen LogP contribution in [0.15, 0.2) is 88.6 Å². The number of aromatic nitrogens is 3. The second kappa shape index (κ2) is 7.48. The van der Waals surface area contributed by atoms with Crippen molar-refractivity contribution in [3.05, 3.63) is 89.0 Å². The van der Waals surface area contributed by atoms with Crippen molar-refractivity contribution in [3.63, 3.8) is 0 Å². The maximum atomic E-state index is 4.73. The first-order valence-electron chi connectivity index (χ1n) is 9.16. The highest BCUT2D eigenvalue weighted by molar-refractivity contribution is 9.10. The third-order valence-corrected chi connectivity index (χ3v) is 5.19. The summed E-state index contributed by atoms with van der Waals surface area (Å²) in [5.74, 6) is 0.453. The summed E-state index contributed by atoms with van der Waals surface area (Å²) >= 11 is 3.54. The van der Waals surface area contributed by atoms with E-state index in [2.05, 4.69) is 42.5 Å². The second-order valence-electron chi connectivity index (χ2n) is 6.58. The number of hydrogen-bond acceptors (Lipinski definition) is 4. The minimum Gasteiger partial charge on any atom is -0.361 e. The molecule has 0 unspecified atom stereocenters. The van der Waals surface area contributed by atoms with Crippen LogP contribution >= 0.6 is 15.9 Å². The lowest BCUT2D eigenvalue weighted by Gasteiger charge is -2.09. The molecule has 0 spiro atoms. The maximum Gasteiger partial charge on any atom is 0.244 e. The molecule has 0 amide bonds. The monoisotopic (exact) mass is 441 g/mol. The summed E-state index contributed by atoms with van der Waals surface area (Å²) in [7, 11) is 0. The van der Waals surface area contributed by atoms with Gasteiger partial charge in [0.15, 0.2) is 0 Å². The Morgan fingerprint density at radius 1 is 0.897 bits per heavy atom. The van der Waals surface area contributed by atoms with Gasteiger partial charge < -0.3 is 4.98 Å². The lowest BCUT2D eigenvalue weighted by molar-refractivity contribution is 1.16. The molecule has 0 bridgehead atoms. The van der Waals surface area contributed by atoms with Crippen molar-refractivity contribution in [2.24, 2.45) is 5.10 Å². The van der Waals surface area contributed by atoms with E-state index in [0.29, 0.717) is 5.95 Å². The summed E-state index contributed by atoms with van der Waals surface area (Å²) in [6, 6.07) is 24.2. The Kier molecular flexibility index (Phi) is 4.54. The van der Waals surface area contributed by atoms with Gasteiger partial charge in [-0.05, 0) is 24.3 Å². The number of anilines is 1. The number of nitrogens with zero attached hydrogens (tertiary/aromatic N) is 3. The van der Waals surface area contributed by atoms with Crippen molar-refractivity contribution in [1.29, 1.82) is 0 Å². The third-order valence-electron chi connectivity index (χ3n) is 4.69. The van der Waals surface area contributed by atoms with Crippen LogP contribution in [0.3, 0.4) is 0 Å².